The summed E-state index contributed by atoms with van der Waals surface area (Å²) in [6, 6.07) is 2.17. The second kappa shape index (κ2) is 3.53. The Morgan fingerprint density at radius 3 is 2.86 bits per heavy atom. The van der Waals surface area contributed by atoms with E-state index in [0.717, 1.165) is 28.3 Å². The first-order valence-corrected chi connectivity index (χ1v) is 5.51. The predicted octanol–water partition coefficient (Wildman–Crippen LogP) is 2.60. The number of nitrogens with one attached hydrogen (secondary N) is 1. The largest absolute Gasteiger partial charge is 0.372 e. The van der Waals surface area contributed by atoms with Crippen LogP contribution in [0, 0.1) is 6.92 Å². The zero-order valence-electron chi connectivity index (χ0n) is 8.59. The third-order valence-electron chi connectivity index (χ3n) is 2.14. The van der Waals surface area contributed by atoms with E-state index >= 15 is 0 Å². The summed E-state index contributed by atoms with van der Waals surface area (Å²) in [7, 11) is 1.89. The fraction of sp³-hybridized carbons (Fsp3) is 0.400. The van der Waals surface area contributed by atoms with Gasteiger partial charge in [-0.1, -0.05) is 6.92 Å². The van der Waals surface area contributed by atoms with E-state index in [4.69, 9.17) is 0 Å². The van der Waals surface area contributed by atoms with Gasteiger partial charge in [0.2, 0.25) is 0 Å². The lowest BCUT2D eigenvalue weighted by atomic mass is 10.3. The van der Waals surface area contributed by atoms with Gasteiger partial charge in [0, 0.05) is 11.9 Å². The molecule has 0 bridgehead atoms. The van der Waals surface area contributed by atoms with E-state index in [9.17, 15) is 0 Å². The normalized spacial score (nSPS) is 10.8. The highest BCUT2D eigenvalue weighted by molar-refractivity contribution is 7.18. The van der Waals surface area contributed by atoms with Crippen LogP contribution in [0.25, 0.3) is 10.2 Å². The Bertz CT molecular complexity index is 462. The molecule has 14 heavy (non-hydrogen) atoms. The van der Waals surface area contributed by atoms with Gasteiger partial charge in [0.15, 0.2) is 0 Å². The molecule has 4 heteroatoms. The SMILES string of the molecule is CCc1cc2c(NC)nc(C)nc2s1. The minimum absolute atomic E-state index is 0.825. The first-order valence-electron chi connectivity index (χ1n) is 4.69. The van der Waals surface area contributed by atoms with Crippen LogP contribution in [0.5, 0.6) is 0 Å². The van der Waals surface area contributed by atoms with Crippen molar-refractivity contribution in [2.75, 3.05) is 12.4 Å². The molecule has 0 amide bonds. The zero-order chi connectivity index (χ0) is 10.1. The summed E-state index contributed by atoms with van der Waals surface area (Å²) in [6.07, 6.45) is 1.06. The summed E-state index contributed by atoms with van der Waals surface area (Å²) in [5.74, 6) is 1.76. The maximum absolute atomic E-state index is 4.42. The molecule has 1 N–H and O–H groups in total. The second-order valence-corrected chi connectivity index (χ2v) is 4.27. The molecule has 0 aliphatic heterocycles. The Balaban J connectivity index is 2.71. The average molecular weight is 207 g/mol. The summed E-state index contributed by atoms with van der Waals surface area (Å²) in [4.78, 5) is 11.2. The van der Waals surface area contributed by atoms with E-state index in [0.29, 0.717) is 0 Å². The number of thiophene rings is 1. The molecule has 2 aromatic heterocycles. The van der Waals surface area contributed by atoms with E-state index < -0.39 is 0 Å². The van der Waals surface area contributed by atoms with Crippen LogP contribution in [0.4, 0.5) is 5.82 Å². The third-order valence-corrected chi connectivity index (χ3v) is 3.31. The standard InChI is InChI=1S/C10H13N3S/c1-4-7-5-8-9(11-3)12-6(2)13-10(8)14-7/h5H,4H2,1-3H3,(H,11,12,13). The van der Waals surface area contributed by atoms with Gasteiger partial charge in [-0.3, -0.25) is 0 Å². The van der Waals surface area contributed by atoms with Gasteiger partial charge in [-0.25, -0.2) is 9.97 Å². The van der Waals surface area contributed by atoms with Crippen LogP contribution < -0.4 is 5.32 Å². The molecule has 0 atom stereocenters. The Hall–Kier alpha value is -1.16. The van der Waals surface area contributed by atoms with Crippen molar-refractivity contribution in [3.05, 3.63) is 16.8 Å². The van der Waals surface area contributed by atoms with Crippen LogP contribution >= 0.6 is 11.3 Å². The number of nitrogens with zero attached hydrogens (tertiary/aromatic N) is 2. The van der Waals surface area contributed by atoms with Crippen LogP contribution in [0.3, 0.4) is 0 Å². The number of aryl methyl sites for hydroxylation is 2. The molecule has 0 aliphatic rings. The van der Waals surface area contributed by atoms with Crippen molar-refractivity contribution in [1.29, 1.82) is 0 Å². The Labute approximate surface area is 87.2 Å². The molecule has 3 nitrogen and oxygen atoms in total. The highest BCUT2D eigenvalue weighted by Gasteiger charge is 2.07. The highest BCUT2D eigenvalue weighted by atomic mass is 32.1. The second-order valence-electron chi connectivity index (χ2n) is 3.15. The molecule has 0 fully saturated rings. The first-order chi connectivity index (χ1) is 6.74. The minimum Gasteiger partial charge on any atom is -0.372 e. The summed E-state index contributed by atoms with van der Waals surface area (Å²) in [5.41, 5.74) is 0. The van der Waals surface area contributed by atoms with Gasteiger partial charge in [0.05, 0.1) is 5.39 Å². The highest BCUT2D eigenvalue weighted by Crippen LogP contribution is 2.28. The number of rotatable bonds is 2. The van der Waals surface area contributed by atoms with Gasteiger partial charge >= 0.3 is 0 Å². The molecule has 0 aliphatic carbocycles. The van der Waals surface area contributed by atoms with Crippen molar-refractivity contribution >= 4 is 27.4 Å². The number of hydrogen-bond acceptors (Lipinski definition) is 4. The van der Waals surface area contributed by atoms with Crippen molar-refractivity contribution in [2.45, 2.75) is 20.3 Å². The monoisotopic (exact) mass is 207 g/mol. The third kappa shape index (κ3) is 1.46. The van der Waals surface area contributed by atoms with Crippen LogP contribution in [0.2, 0.25) is 0 Å². The summed E-state index contributed by atoms with van der Waals surface area (Å²) in [6.45, 7) is 4.08. The minimum atomic E-state index is 0.825. The lowest BCUT2D eigenvalue weighted by Crippen LogP contribution is -1.96. The van der Waals surface area contributed by atoms with E-state index in [1.165, 1.54) is 4.88 Å². The molecule has 0 saturated heterocycles. The lowest BCUT2D eigenvalue weighted by Gasteiger charge is -2.00. The Morgan fingerprint density at radius 2 is 2.21 bits per heavy atom. The molecule has 0 aromatic carbocycles. The first kappa shape index (κ1) is 9.40. The van der Waals surface area contributed by atoms with Crippen molar-refractivity contribution in [3.8, 4) is 0 Å². The van der Waals surface area contributed by atoms with Crippen LogP contribution in [-0.4, -0.2) is 17.0 Å². The smallest absolute Gasteiger partial charge is 0.138 e. The van der Waals surface area contributed by atoms with E-state index in [2.05, 4.69) is 28.3 Å². The van der Waals surface area contributed by atoms with Crippen molar-refractivity contribution < 1.29 is 0 Å². The van der Waals surface area contributed by atoms with Gasteiger partial charge in [-0.15, -0.1) is 11.3 Å². The zero-order valence-corrected chi connectivity index (χ0v) is 9.40. The average Bonchev–Trinajstić information content (AvgIpc) is 2.59. The molecule has 0 spiro atoms. The molecule has 2 aromatic rings. The van der Waals surface area contributed by atoms with E-state index in [1.807, 2.05) is 14.0 Å². The maximum atomic E-state index is 4.42. The number of aromatic nitrogens is 2. The molecule has 0 unspecified atom stereocenters. The molecule has 0 radical (unpaired) electrons. The van der Waals surface area contributed by atoms with Crippen LogP contribution in [0.1, 0.15) is 17.6 Å². The number of hydrogen-bond donors (Lipinski definition) is 1. The van der Waals surface area contributed by atoms with Gasteiger partial charge in [-0.2, -0.15) is 0 Å². The van der Waals surface area contributed by atoms with E-state index in [-0.39, 0.29) is 0 Å². The van der Waals surface area contributed by atoms with E-state index in [1.54, 1.807) is 11.3 Å². The fourth-order valence-electron chi connectivity index (χ4n) is 1.44. The number of fused-ring (bicyclic) bond motifs is 1. The molecule has 2 heterocycles. The summed E-state index contributed by atoms with van der Waals surface area (Å²) >= 11 is 1.75. The van der Waals surface area contributed by atoms with Gasteiger partial charge < -0.3 is 5.32 Å². The van der Waals surface area contributed by atoms with Crippen LogP contribution in [-0.2, 0) is 6.42 Å². The topological polar surface area (TPSA) is 37.8 Å². The predicted molar refractivity (Wildman–Crippen MR) is 61.1 cm³/mol. The molecule has 74 valence electrons. The molecular weight excluding hydrogens is 194 g/mol. The summed E-state index contributed by atoms with van der Waals surface area (Å²) < 4.78 is 0. The van der Waals surface area contributed by atoms with Gasteiger partial charge in [0.25, 0.3) is 0 Å². The summed E-state index contributed by atoms with van der Waals surface area (Å²) in [5, 5.41) is 4.24. The van der Waals surface area contributed by atoms with Crippen molar-refractivity contribution in [3.63, 3.8) is 0 Å². The van der Waals surface area contributed by atoms with Gasteiger partial charge in [-0.05, 0) is 19.4 Å². The lowest BCUT2D eigenvalue weighted by molar-refractivity contribution is 1.10. The Morgan fingerprint density at radius 1 is 1.43 bits per heavy atom. The van der Waals surface area contributed by atoms with Gasteiger partial charge in [0.1, 0.15) is 16.5 Å². The molecular formula is C10H13N3S. The molecule has 0 saturated carbocycles. The van der Waals surface area contributed by atoms with Crippen molar-refractivity contribution in [1.82, 2.24) is 9.97 Å². The van der Waals surface area contributed by atoms with Crippen molar-refractivity contribution in [2.24, 2.45) is 0 Å². The fourth-order valence-corrected chi connectivity index (χ4v) is 2.46. The maximum Gasteiger partial charge on any atom is 0.138 e. The van der Waals surface area contributed by atoms with Crippen LogP contribution in [0.15, 0.2) is 6.07 Å². The Kier molecular flexibility index (Phi) is 2.37. The number of anilines is 1. The molecule has 2 rings (SSSR count). The quantitative estimate of drug-likeness (QED) is 0.822.